The van der Waals surface area contributed by atoms with Gasteiger partial charge < -0.3 is 10.6 Å². The number of nitrogens with one attached hydrogen (secondary N) is 2. The number of rotatable bonds is 11. The van der Waals surface area contributed by atoms with E-state index in [0.29, 0.717) is 33.6 Å². The van der Waals surface area contributed by atoms with Crippen LogP contribution < -0.4 is 10.6 Å². The maximum atomic E-state index is 15.0. The molecule has 1 saturated carbocycles. The minimum Gasteiger partial charge on any atom is -0.352 e. The first-order chi connectivity index (χ1) is 18.4. The van der Waals surface area contributed by atoms with Crippen molar-refractivity contribution in [2.24, 2.45) is 0 Å². The first-order valence-electron chi connectivity index (χ1n) is 12.8. The summed E-state index contributed by atoms with van der Waals surface area (Å²) in [6.07, 6.45) is 4.08. The molecule has 1 aliphatic carbocycles. The van der Waals surface area contributed by atoms with Crippen molar-refractivity contribution >= 4 is 39.2 Å². The monoisotopic (exact) mass is 529 g/mol. The number of hydrogen-bond donors (Lipinski definition) is 2. The molecule has 5 rings (SSSR count). The third-order valence-corrected chi connectivity index (χ3v) is 7.47. The van der Waals surface area contributed by atoms with Crippen LogP contribution in [-0.4, -0.2) is 35.2 Å². The highest BCUT2D eigenvalue weighted by molar-refractivity contribution is 7.18. The zero-order valence-electron chi connectivity index (χ0n) is 20.8. The summed E-state index contributed by atoms with van der Waals surface area (Å²) < 4.78 is 15.7. The molecule has 4 aromatic rings. The SMILES string of the molecule is O=C(Cc1nc2cc(F)c(-c3ccc(C(=O)CCCc4ccccc4)cc3)cc2s1)NCC(=O)NC1CC1. The van der Waals surface area contributed by atoms with Gasteiger partial charge in [0.05, 0.1) is 23.2 Å². The minimum absolute atomic E-state index is 0.0219. The Balaban J connectivity index is 1.19. The van der Waals surface area contributed by atoms with Gasteiger partial charge in [-0.2, -0.15) is 0 Å². The van der Waals surface area contributed by atoms with Gasteiger partial charge in [0.2, 0.25) is 11.8 Å². The van der Waals surface area contributed by atoms with Crippen molar-refractivity contribution in [1.29, 1.82) is 0 Å². The average Bonchev–Trinajstić information content (AvgIpc) is 3.65. The van der Waals surface area contributed by atoms with Gasteiger partial charge in [-0.3, -0.25) is 14.4 Å². The fourth-order valence-corrected chi connectivity index (χ4v) is 5.24. The summed E-state index contributed by atoms with van der Waals surface area (Å²) >= 11 is 1.32. The molecule has 6 nitrogen and oxygen atoms in total. The summed E-state index contributed by atoms with van der Waals surface area (Å²) in [5, 5.41) is 5.98. The molecule has 0 bridgehead atoms. The molecule has 3 aromatic carbocycles. The fourth-order valence-electron chi connectivity index (χ4n) is 4.26. The maximum absolute atomic E-state index is 15.0. The van der Waals surface area contributed by atoms with Crippen LogP contribution in [0.25, 0.3) is 21.3 Å². The number of hydrogen-bond acceptors (Lipinski definition) is 5. The lowest BCUT2D eigenvalue weighted by molar-refractivity contribution is -0.125. The molecule has 0 radical (unpaired) electrons. The van der Waals surface area contributed by atoms with Crippen molar-refractivity contribution in [3.8, 4) is 11.1 Å². The molecule has 1 aromatic heterocycles. The molecular weight excluding hydrogens is 501 g/mol. The van der Waals surface area contributed by atoms with E-state index in [1.807, 2.05) is 18.2 Å². The molecule has 0 saturated heterocycles. The first-order valence-corrected chi connectivity index (χ1v) is 13.6. The molecule has 0 aliphatic heterocycles. The highest BCUT2D eigenvalue weighted by Crippen LogP contribution is 2.31. The number of nitrogens with zero attached hydrogens (tertiary/aromatic N) is 1. The van der Waals surface area contributed by atoms with Crippen LogP contribution >= 0.6 is 11.3 Å². The summed E-state index contributed by atoms with van der Waals surface area (Å²) in [6.45, 7) is -0.0650. The molecule has 2 N–H and O–H groups in total. The van der Waals surface area contributed by atoms with Gasteiger partial charge in [-0.25, -0.2) is 9.37 Å². The van der Waals surface area contributed by atoms with Gasteiger partial charge in [0.15, 0.2) is 5.78 Å². The number of aromatic nitrogens is 1. The molecule has 1 aliphatic rings. The molecule has 8 heteroatoms. The van der Waals surface area contributed by atoms with Crippen LogP contribution in [0, 0.1) is 5.82 Å². The van der Waals surface area contributed by atoms with Gasteiger partial charge in [-0.15, -0.1) is 11.3 Å². The summed E-state index contributed by atoms with van der Waals surface area (Å²) in [5.41, 5.74) is 3.39. The summed E-state index contributed by atoms with van der Waals surface area (Å²) in [6, 6.07) is 20.4. The van der Waals surface area contributed by atoms with Gasteiger partial charge in [0.25, 0.3) is 0 Å². The number of benzene rings is 3. The molecule has 2 amide bonds. The number of amides is 2. The number of fused-ring (bicyclic) bond motifs is 1. The number of carbonyl (C=O) groups excluding carboxylic acids is 3. The number of carbonyl (C=O) groups is 3. The first kappa shape index (κ1) is 25.7. The number of halogens is 1. The van der Waals surface area contributed by atoms with E-state index in [1.54, 1.807) is 30.3 Å². The highest BCUT2D eigenvalue weighted by Gasteiger charge is 2.23. The van der Waals surface area contributed by atoms with Crippen molar-refractivity contribution in [3.05, 3.63) is 88.7 Å². The molecule has 194 valence electrons. The molecule has 0 spiro atoms. The van der Waals surface area contributed by atoms with Gasteiger partial charge >= 0.3 is 0 Å². The second kappa shape index (κ2) is 11.6. The summed E-state index contributed by atoms with van der Waals surface area (Å²) in [7, 11) is 0. The smallest absolute Gasteiger partial charge is 0.239 e. The zero-order valence-corrected chi connectivity index (χ0v) is 21.7. The van der Waals surface area contributed by atoms with Crippen LogP contribution in [0.3, 0.4) is 0 Å². The van der Waals surface area contributed by atoms with Crippen molar-refractivity contribution in [1.82, 2.24) is 15.6 Å². The normalized spacial score (nSPS) is 12.9. The molecule has 0 unspecified atom stereocenters. The van der Waals surface area contributed by atoms with E-state index in [1.165, 1.54) is 23.0 Å². The van der Waals surface area contributed by atoms with Crippen molar-refractivity contribution < 1.29 is 18.8 Å². The zero-order chi connectivity index (χ0) is 26.5. The van der Waals surface area contributed by atoms with Crippen molar-refractivity contribution in [3.63, 3.8) is 0 Å². The molecule has 1 fully saturated rings. The Kier molecular flexibility index (Phi) is 7.89. The van der Waals surface area contributed by atoms with Gasteiger partial charge in [0.1, 0.15) is 10.8 Å². The highest BCUT2D eigenvalue weighted by atomic mass is 32.1. The van der Waals surface area contributed by atoms with E-state index < -0.39 is 5.82 Å². The van der Waals surface area contributed by atoms with Crippen LogP contribution in [0.5, 0.6) is 0 Å². The molecule has 0 atom stereocenters. The third kappa shape index (κ3) is 6.69. The fraction of sp³-hybridized carbons (Fsp3) is 0.267. The molecule has 38 heavy (non-hydrogen) atoms. The number of aryl methyl sites for hydroxylation is 1. The van der Waals surface area contributed by atoms with E-state index in [9.17, 15) is 18.8 Å². The summed E-state index contributed by atoms with van der Waals surface area (Å²) in [5.74, 6) is -0.854. The van der Waals surface area contributed by atoms with E-state index in [0.717, 1.165) is 30.4 Å². The number of Topliss-reactive ketones (excluding diaryl/α,β-unsaturated/α-hetero) is 1. The Morgan fingerprint density at radius 2 is 1.74 bits per heavy atom. The van der Waals surface area contributed by atoms with E-state index in [-0.39, 0.29) is 36.6 Å². The maximum Gasteiger partial charge on any atom is 0.239 e. The topological polar surface area (TPSA) is 88.2 Å². The standard InChI is InChI=1S/C30H28FN3O3S/c31-24-16-25-27(38-30(34-25)17-28(36)32-18-29(37)33-22-13-14-22)15-23(24)20-9-11-21(12-10-20)26(35)8-4-7-19-5-2-1-3-6-19/h1-3,5-6,9-12,15-16,22H,4,7-8,13-14,17-18H2,(H,32,36)(H,33,37). The van der Waals surface area contributed by atoms with Crippen molar-refractivity contribution in [2.45, 2.75) is 44.6 Å². The average molecular weight is 530 g/mol. The Hall–Kier alpha value is -3.91. The third-order valence-electron chi connectivity index (χ3n) is 6.45. The molecular formula is C30H28FN3O3S. The van der Waals surface area contributed by atoms with Crippen LogP contribution in [0.15, 0.2) is 66.7 Å². The Labute approximate surface area is 224 Å². The minimum atomic E-state index is -0.419. The molecule has 1 heterocycles. The second-order valence-electron chi connectivity index (χ2n) is 9.54. The van der Waals surface area contributed by atoms with Crippen molar-refractivity contribution in [2.75, 3.05) is 6.54 Å². The van der Waals surface area contributed by atoms with E-state index in [2.05, 4.69) is 27.8 Å². The lowest BCUT2D eigenvalue weighted by atomic mass is 9.99. The number of ketones is 1. The Morgan fingerprint density at radius 3 is 2.47 bits per heavy atom. The van der Waals surface area contributed by atoms with Crippen LogP contribution in [0.4, 0.5) is 4.39 Å². The van der Waals surface area contributed by atoms with Crippen LogP contribution in [0.1, 0.15) is 46.6 Å². The summed E-state index contributed by atoms with van der Waals surface area (Å²) in [4.78, 5) is 41.0. The van der Waals surface area contributed by atoms with Crippen LogP contribution in [-0.2, 0) is 22.4 Å². The predicted octanol–water partition coefficient (Wildman–Crippen LogP) is 5.25. The second-order valence-corrected chi connectivity index (χ2v) is 10.7. The Bertz CT molecular complexity index is 1460. The van der Waals surface area contributed by atoms with Gasteiger partial charge in [-0.05, 0) is 42.9 Å². The predicted molar refractivity (Wildman–Crippen MR) is 147 cm³/mol. The lowest BCUT2D eigenvalue weighted by Crippen LogP contribution is -2.38. The van der Waals surface area contributed by atoms with E-state index >= 15 is 0 Å². The quantitative estimate of drug-likeness (QED) is 0.260. The van der Waals surface area contributed by atoms with Crippen LogP contribution in [0.2, 0.25) is 0 Å². The number of thiazole rings is 1. The van der Waals surface area contributed by atoms with Gasteiger partial charge in [-0.1, -0.05) is 54.6 Å². The Morgan fingerprint density at radius 1 is 0.974 bits per heavy atom. The lowest BCUT2D eigenvalue weighted by Gasteiger charge is -2.06. The largest absolute Gasteiger partial charge is 0.352 e. The van der Waals surface area contributed by atoms with E-state index in [4.69, 9.17) is 0 Å². The van der Waals surface area contributed by atoms with Gasteiger partial charge in [0, 0.05) is 29.7 Å².